The van der Waals surface area contributed by atoms with Crippen LogP contribution in [-0.4, -0.2) is 63.4 Å². The van der Waals surface area contributed by atoms with Gasteiger partial charge in [0.2, 0.25) is 12.3 Å². The van der Waals surface area contributed by atoms with Gasteiger partial charge < -0.3 is 42.5 Å². The fourth-order valence-electron chi connectivity index (χ4n) is 3.49. The molecule has 4 atom stereocenters. The number of carboxylic acids is 1. The van der Waals surface area contributed by atoms with Gasteiger partial charge in [0, 0.05) is 11.6 Å². The molecule has 0 heterocycles. The predicted molar refractivity (Wildman–Crippen MR) is 124 cm³/mol. The molecule has 11 nitrogen and oxygen atoms in total. The third-order valence-corrected chi connectivity index (χ3v) is 5.22. The van der Waals surface area contributed by atoms with E-state index in [1.807, 2.05) is 0 Å². The van der Waals surface area contributed by atoms with Crippen LogP contribution in [0.3, 0.4) is 0 Å². The van der Waals surface area contributed by atoms with Crippen molar-refractivity contribution in [2.45, 2.75) is 44.0 Å². The van der Waals surface area contributed by atoms with Gasteiger partial charge in [-0.3, -0.25) is 9.59 Å². The molecule has 2 rings (SSSR count). The van der Waals surface area contributed by atoms with Gasteiger partial charge in [-0.25, -0.2) is 4.79 Å². The molecule has 2 aromatic rings. The van der Waals surface area contributed by atoms with E-state index in [0.717, 1.165) is 0 Å². The lowest BCUT2D eigenvalue weighted by Gasteiger charge is -2.24. The molecule has 2 amide bonds. The summed E-state index contributed by atoms with van der Waals surface area (Å²) in [5.74, 6) is -2.70. The number of rotatable bonds is 12. The van der Waals surface area contributed by atoms with Crippen molar-refractivity contribution in [3.05, 3.63) is 47.5 Å². The largest absolute Gasteiger partial charge is 0.508 e. The number of phenols is 2. The number of aliphatic hydroxyl groups excluding tert-OH is 1. The minimum atomic E-state index is -1.82. The molecular weight excluding hydrogens is 444 g/mol. The van der Waals surface area contributed by atoms with Crippen LogP contribution in [0, 0.1) is 0 Å². The Hall–Kier alpha value is -3.67. The third kappa shape index (κ3) is 6.67. The average molecular weight is 475 g/mol. The topological polar surface area (TPSA) is 208 Å². The normalized spacial score (nSPS) is 14.5. The Morgan fingerprint density at radius 3 is 2.26 bits per heavy atom. The van der Waals surface area contributed by atoms with E-state index in [-0.39, 0.29) is 36.1 Å². The van der Waals surface area contributed by atoms with E-state index in [2.05, 4.69) is 10.6 Å². The van der Waals surface area contributed by atoms with Gasteiger partial charge in [-0.2, -0.15) is 0 Å². The summed E-state index contributed by atoms with van der Waals surface area (Å²) in [6.07, 6.45) is -1.06. The number of benzene rings is 2. The van der Waals surface area contributed by atoms with Crippen LogP contribution in [0.25, 0.3) is 11.1 Å². The number of nitrogens with two attached hydrogens (primary N) is 2. The Balaban J connectivity index is 2.38. The van der Waals surface area contributed by atoms with Gasteiger partial charge in [-0.05, 0) is 67.3 Å². The average Bonchev–Trinajstić information content (AvgIpc) is 2.78. The van der Waals surface area contributed by atoms with E-state index in [9.17, 15) is 34.8 Å². The van der Waals surface area contributed by atoms with Gasteiger partial charge >= 0.3 is 5.97 Å². The van der Waals surface area contributed by atoms with Crippen LogP contribution in [0.15, 0.2) is 36.4 Å². The van der Waals surface area contributed by atoms with Crippen molar-refractivity contribution in [1.29, 1.82) is 0 Å². The maximum absolute atomic E-state index is 12.4. The summed E-state index contributed by atoms with van der Waals surface area (Å²) in [6, 6.07) is 5.97. The molecule has 0 radical (unpaired) electrons. The first-order chi connectivity index (χ1) is 16.1. The van der Waals surface area contributed by atoms with Gasteiger partial charge in [0.1, 0.15) is 23.6 Å². The van der Waals surface area contributed by atoms with E-state index in [0.29, 0.717) is 29.5 Å². The van der Waals surface area contributed by atoms with E-state index < -0.39 is 30.1 Å². The highest BCUT2D eigenvalue weighted by Crippen LogP contribution is 2.33. The van der Waals surface area contributed by atoms with Crippen LogP contribution >= 0.6 is 0 Å². The van der Waals surface area contributed by atoms with Crippen LogP contribution in [0.2, 0.25) is 0 Å². The standard InChI is InChI=1S/C23H30N4O7/c1-12(25)8-15-9-13(2-4-18(15)29)14-3-5-19(30)16(10-14)21(31)20(23(33)34)27-22(32)17(6-7-24)26-11-28/h2-5,9-12,17,20-21,29-31H,6-8,24-25H2,1H3,(H,26,28)(H,27,32)(H,33,34)/t12?,17-,20?,21?/m0/s1. The van der Waals surface area contributed by atoms with Crippen LogP contribution in [0.4, 0.5) is 0 Å². The highest BCUT2D eigenvalue weighted by molar-refractivity contribution is 5.88. The van der Waals surface area contributed by atoms with E-state index in [1.165, 1.54) is 18.2 Å². The molecule has 0 spiro atoms. The molecule has 2 aromatic carbocycles. The number of carboxylic acid groups (broad SMARTS) is 1. The molecule has 0 aliphatic heterocycles. The molecule has 184 valence electrons. The third-order valence-electron chi connectivity index (χ3n) is 5.22. The molecule has 0 fully saturated rings. The summed E-state index contributed by atoms with van der Waals surface area (Å²) in [5, 5.41) is 45.2. The molecule has 0 aliphatic carbocycles. The zero-order chi connectivity index (χ0) is 25.4. The van der Waals surface area contributed by atoms with E-state index >= 15 is 0 Å². The molecule has 0 aliphatic rings. The lowest BCUT2D eigenvalue weighted by Crippen LogP contribution is -2.52. The predicted octanol–water partition coefficient (Wildman–Crippen LogP) is -0.279. The van der Waals surface area contributed by atoms with E-state index in [4.69, 9.17) is 11.5 Å². The number of carbonyl (C=O) groups is 3. The fraction of sp³-hybridized carbons (Fsp3) is 0.348. The molecule has 10 N–H and O–H groups in total. The number of aliphatic hydroxyl groups is 1. The number of aliphatic carboxylic acids is 1. The number of hydrogen-bond donors (Lipinski definition) is 8. The lowest BCUT2D eigenvalue weighted by atomic mass is 9.94. The van der Waals surface area contributed by atoms with Crippen molar-refractivity contribution in [3.63, 3.8) is 0 Å². The summed E-state index contributed by atoms with van der Waals surface area (Å²) in [4.78, 5) is 35.0. The van der Waals surface area contributed by atoms with Gasteiger partial charge in [0.15, 0.2) is 6.04 Å². The quantitative estimate of drug-likeness (QED) is 0.190. The SMILES string of the molecule is CC(N)Cc1cc(-c2ccc(O)c(C(O)C(NC(=O)[C@H](CCN)NC=O)C(=O)O)c2)ccc1O. The Labute approximate surface area is 196 Å². The first-order valence-corrected chi connectivity index (χ1v) is 10.6. The van der Waals surface area contributed by atoms with Crippen LogP contribution < -0.4 is 22.1 Å². The highest BCUT2D eigenvalue weighted by Gasteiger charge is 2.33. The maximum atomic E-state index is 12.4. The number of amides is 2. The highest BCUT2D eigenvalue weighted by atomic mass is 16.4. The van der Waals surface area contributed by atoms with Crippen molar-refractivity contribution < 1.29 is 34.8 Å². The monoisotopic (exact) mass is 474 g/mol. The van der Waals surface area contributed by atoms with Crippen molar-refractivity contribution in [2.75, 3.05) is 6.54 Å². The second kappa shape index (κ2) is 12.0. The first-order valence-electron chi connectivity index (χ1n) is 10.6. The zero-order valence-corrected chi connectivity index (χ0v) is 18.6. The van der Waals surface area contributed by atoms with Crippen LogP contribution in [0.1, 0.15) is 30.6 Å². The smallest absolute Gasteiger partial charge is 0.329 e. The number of carbonyl (C=O) groups excluding carboxylic acids is 2. The number of hydrogen-bond acceptors (Lipinski definition) is 8. The Kier molecular flexibility index (Phi) is 9.36. The molecule has 34 heavy (non-hydrogen) atoms. The molecule has 0 saturated carbocycles. The Morgan fingerprint density at radius 1 is 1.09 bits per heavy atom. The van der Waals surface area contributed by atoms with Gasteiger partial charge in [0.05, 0.1) is 0 Å². The van der Waals surface area contributed by atoms with Crippen molar-refractivity contribution in [2.24, 2.45) is 11.5 Å². The minimum Gasteiger partial charge on any atom is -0.508 e. The maximum Gasteiger partial charge on any atom is 0.329 e. The first kappa shape index (κ1) is 26.6. The zero-order valence-electron chi connectivity index (χ0n) is 18.6. The van der Waals surface area contributed by atoms with Gasteiger partial charge in [0.25, 0.3) is 0 Å². The van der Waals surface area contributed by atoms with Gasteiger partial charge in [-0.15, -0.1) is 0 Å². The lowest BCUT2D eigenvalue weighted by molar-refractivity contribution is -0.145. The molecule has 0 bridgehead atoms. The van der Waals surface area contributed by atoms with Crippen molar-refractivity contribution in [3.8, 4) is 22.6 Å². The van der Waals surface area contributed by atoms with Crippen molar-refractivity contribution >= 4 is 18.3 Å². The summed E-state index contributed by atoms with van der Waals surface area (Å²) in [6.45, 7) is 1.85. The summed E-state index contributed by atoms with van der Waals surface area (Å²) < 4.78 is 0. The second-order valence-electron chi connectivity index (χ2n) is 7.98. The number of phenolic OH excluding ortho intramolecular Hbond substituents is 2. The van der Waals surface area contributed by atoms with Gasteiger partial charge in [-0.1, -0.05) is 12.1 Å². The molecule has 0 aromatic heterocycles. The molecule has 3 unspecified atom stereocenters. The number of aromatic hydroxyl groups is 2. The summed E-state index contributed by atoms with van der Waals surface area (Å²) >= 11 is 0. The van der Waals surface area contributed by atoms with Crippen molar-refractivity contribution in [1.82, 2.24) is 10.6 Å². The molecular formula is C23H30N4O7. The Morgan fingerprint density at radius 2 is 1.71 bits per heavy atom. The molecule has 11 heteroatoms. The summed E-state index contributed by atoms with van der Waals surface area (Å²) in [5.41, 5.74) is 12.9. The Bertz CT molecular complexity index is 1030. The fourth-order valence-corrected chi connectivity index (χ4v) is 3.49. The minimum absolute atomic E-state index is 0.0539. The number of nitrogens with one attached hydrogen (secondary N) is 2. The van der Waals surface area contributed by atoms with E-state index in [1.54, 1.807) is 25.1 Å². The van der Waals surface area contributed by atoms with Crippen LogP contribution in [-0.2, 0) is 20.8 Å². The molecule has 0 saturated heterocycles. The summed E-state index contributed by atoms with van der Waals surface area (Å²) in [7, 11) is 0. The second-order valence-corrected chi connectivity index (χ2v) is 7.98. The van der Waals surface area contributed by atoms with Crippen LogP contribution in [0.5, 0.6) is 11.5 Å².